The van der Waals surface area contributed by atoms with Crippen molar-refractivity contribution < 1.29 is 18.3 Å². The van der Waals surface area contributed by atoms with E-state index in [1.807, 2.05) is 37.3 Å². The van der Waals surface area contributed by atoms with Crippen LogP contribution in [0.1, 0.15) is 31.2 Å². The second-order valence-electron chi connectivity index (χ2n) is 5.71. The number of rotatable bonds is 10. The number of ether oxygens (including phenoxy) is 1. The van der Waals surface area contributed by atoms with Gasteiger partial charge in [0.2, 0.25) is 10.0 Å². The molecule has 0 saturated heterocycles. The van der Waals surface area contributed by atoms with Crippen LogP contribution in [0.2, 0.25) is 0 Å². The molecule has 2 aromatic carbocycles. The van der Waals surface area contributed by atoms with E-state index in [0.29, 0.717) is 31.7 Å². The smallest absolute Gasteiger partial charge is 0.240 e. The predicted octanol–water partition coefficient (Wildman–Crippen LogP) is 2.92. The summed E-state index contributed by atoms with van der Waals surface area (Å²) < 4.78 is 32.7. The molecule has 2 aromatic rings. The minimum absolute atomic E-state index is 0.0746. The first-order valence-corrected chi connectivity index (χ1v) is 9.93. The normalized spacial score (nSPS) is 12.7. The third kappa shape index (κ3) is 5.85. The molecule has 0 aliphatic rings. The van der Waals surface area contributed by atoms with E-state index < -0.39 is 10.0 Å². The lowest BCUT2D eigenvalue weighted by Gasteiger charge is -2.16. The summed E-state index contributed by atoms with van der Waals surface area (Å²) >= 11 is 0. The van der Waals surface area contributed by atoms with Gasteiger partial charge in [-0.15, -0.1) is 0 Å². The van der Waals surface area contributed by atoms with E-state index in [1.54, 1.807) is 12.1 Å². The second-order valence-corrected chi connectivity index (χ2v) is 7.48. The van der Waals surface area contributed by atoms with Crippen LogP contribution in [0, 0.1) is 0 Å². The van der Waals surface area contributed by atoms with Crippen LogP contribution in [0.4, 0.5) is 0 Å². The Bertz CT molecular complexity index is 730. The molecule has 0 fully saturated rings. The quantitative estimate of drug-likeness (QED) is 0.680. The lowest BCUT2D eigenvalue weighted by molar-refractivity contribution is 0.273. The van der Waals surface area contributed by atoms with Crippen LogP contribution in [0.5, 0.6) is 5.75 Å². The molecule has 2 rings (SSSR count). The van der Waals surface area contributed by atoms with Gasteiger partial charge in [0.1, 0.15) is 5.75 Å². The van der Waals surface area contributed by atoms with Gasteiger partial charge >= 0.3 is 0 Å². The van der Waals surface area contributed by atoms with Crippen LogP contribution < -0.4 is 9.46 Å². The van der Waals surface area contributed by atoms with Crippen LogP contribution in [0.3, 0.4) is 0 Å². The summed E-state index contributed by atoms with van der Waals surface area (Å²) in [5.74, 6) is 0.766. The van der Waals surface area contributed by atoms with Gasteiger partial charge in [-0.3, -0.25) is 0 Å². The van der Waals surface area contributed by atoms with Crippen LogP contribution in [-0.2, 0) is 10.0 Å². The van der Waals surface area contributed by atoms with Gasteiger partial charge in [-0.2, -0.15) is 0 Å². The molecule has 25 heavy (non-hydrogen) atoms. The van der Waals surface area contributed by atoms with Gasteiger partial charge in [0.15, 0.2) is 0 Å². The lowest BCUT2D eigenvalue weighted by Crippen LogP contribution is -2.26. The average molecular weight is 363 g/mol. The summed E-state index contributed by atoms with van der Waals surface area (Å²) in [5, 5.41) is 9.25. The Hall–Kier alpha value is -1.89. The van der Waals surface area contributed by atoms with Crippen LogP contribution >= 0.6 is 0 Å². The van der Waals surface area contributed by atoms with Gasteiger partial charge in [0.05, 0.1) is 11.5 Å². The molecule has 1 atom stereocenters. The summed E-state index contributed by atoms with van der Waals surface area (Å²) in [6.45, 7) is 2.80. The highest BCUT2D eigenvalue weighted by Gasteiger charge is 2.16. The minimum Gasteiger partial charge on any atom is -0.494 e. The van der Waals surface area contributed by atoms with Crippen LogP contribution in [-0.4, -0.2) is 33.3 Å². The van der Waals surface area contributed by atoms with Crippen molar-refractivity contribution in [3.63, 3.8) is 0 Å². The van der Waals surface area contributed by atoms with Crippen molar-refractivity contribution >= 4 is 10.0 Å². The van der Waals surface area contributed by atoms with E-state index in [1.165, 1.54) is 12.1 Å². The van der Waals surface area contributed by atoms with Gasteiger partial charge in [-0.05, 0) is 55.5 Å². The van der Waals surface area contributed by atoms with Crippen LogP contribution in [0.25, 0.3) is 0 Å². The average Bonchev–Trinajstić information content (AvgIpc) is 2.62. The van der Waals surface area contributed by atoms with Gasteiger partial charge in [0, 0.05) is 13.2 Å². The largest absolute Gasteiger partial charge is 0.494 e. The fourth-order valence-corrected chi connectivity index (χ4v) is 3.74. The lowest BCUT2D eigenvalue weighted by atomic mass is 9.93. The van der Waals surface area contributed by atoms with Gasteiger partial charge < -0.3 is 9.84 Å². The topological polar surface area (TPSA) is 75.6 Å². The number of sulfonamides is 1. The summed E-state index contributed by atoms with van der Waals surface area (Å²) in [7, 11) is -3.55. The van der Waals surface area contributed by atoms with E-state index in [0.717, 1.165) is 5.56 Å². The number of hydrogen-bond acceptors (Lipinski definition) is 4. The number of hydrogen-bond donors (Lipinski definition) is 2. The van der Waals surface area contributed by atoms with Crippen molar-refractivity contribution in [2.75, 3.05) is 19.8 Å². The summed E-state index contributed by atoms with van der Waals surface area (Å²) in [5.41, 5.74) is 1.11. The zero-order chi connectivity index (χ0) is 18.1. The first kappa shape index (κ1) is 19.4. The van der Waals surface area contributed by atoms with Crippen molar-refractivity contribution in [3.8, 4) is 5.75 Å². The van der Waals surface area contributed by atoms with E-state index in [9.17, 15) is 13.5 Å². The monoisotopic (exact) mass is 363 g/mol. The van der Waals surface area contributed by atoms with Crippen molar-refractivity contribution in [1.82, 2.24) is 4.72 Å². The van der Waals surface area contributed by atoms with E-state index in [2.05, 4.69) is 4.72 Å². The van der Waals surface area contributed by atoms with E-state index in [-0.39, 0.29) is 17.4 Å². The predicted molar refractivity (Wildman–Crippen MR) is 98.3 cm³/mol. The molecule has 2 N–H and O–H groups in total. The Kier molecular flexibility index (Phi) is 7.43. The van der Waals surface area contributed by atoms with Gasteiger partial charge in [-0.25, -0.2) is 13.1 Å². The van der Waals surface area contributed by atoms with Gasteiger partial charge in [0.25, 0.3) is 0 Å². The van der Waals surface area contributed by atoms with E-state index in [4.69, 9.17) is 4.74 Å². The third-order valence-corrected chi connectivity index (χ3v) is 5.46. The SMILES string of the molecule is CCOc1ccc(S(=O)(=O)NCCC(CCO)c2ccccc2)cc1. The molecule has 0 amide bonds. The molecule has 0 heterocycles. The Morgan fingerprint density at radius 2 is 1.72 bits per heavy atom. The molecular formula is C19H25NO4S. The first-order chi connectivity index (χ1) is 12.1. The Labute approximate surface area is 149 Å². The molecule has 0 saturated carbocycles. The zero-order valence-corrected chi connectivity index (χ0v) is 15.2. The molecule has 6 heteroatoms. The minimum atomic E-state index is -3.55. The Morgan fingerprint density at radius 1 is 1.04 bits per heavy atom. The molecule has 0 aromatic heterocycles. The Balaban J connectivity index is 1.96. The zero-order valence-electron chi connectivity index (χ0n) is 14.4. The van der Waals surface area contributed by atoms with Crippen molar-refractivity contribution in [1.29, 1.82) is 0 Å². The second kappa shape index (κ2) is 9.56. The third-order valence-electron chi connectivity index (χ3n) is 3.98. The number of aliphatic hydroxyl groups excluding tert-OH is 1. The molecule has 0 aliphatic heterocycles. The van der Waals surface area contributed by atoms with Crippen molar-refractivity contribution in [2.24, 2.45) is 0 Å². The molecule has 0 bridgehead atoms. The number of aliphatic hydroxyl groups is 1. The molecule has 136 valence electrons. The molecule has 0 spiro atoms. The summed E-state index contributed by atoms with van der Waals surface area (Å²) in [6, 6.07) is 16.2. The first-order valence-electron chi connectivity index (χ1n) is 8.45. The number of benzene rings is 2. The van der Waals surface area contributed by atoms with Crippen molar-refractivity contribution in [2.45, 2.75) is 30.6 Å². The van der Waals surface area contributed by atoms with Gasteiger partial charge in [-0.1, -0.05) is 30.3 Å². The van der Waals surface area contributed by atoms with E-state index >= 15 is 0 Å². The maximum Gasteiger partial charge on any atom is 0.240 e. The highest BCUT2D eigenvalue weighted by atomic mass is 32.2. The highest BCUT2D eigenvalue weighted by Crippen LogP contribution is 2.23. The fourth-order valence-electron chi connectivity index (χ4n) is 2.69. The number of nitrogens with one attached hydrogen (secondary N) is 1. The standard InChI is InChI=1S/C19H25NO4S/c1-2-24-18-8-10-19(11-9-18)25(22,23)20-14-12-17(13-15-21)16-6-4-3-5-7-16/h3-11,17,20-21H,2,12-15H2,1H3. The molecule has 1 unspecified atom stereocenters. The molecule has 0 radical (unpaired) electrons. The maximum atomic E-state index is 12.4. The molecular weight excluding hydrogens is 338 g/mol. The molecule has 5 nitrogen and oxygen atoms in total. The van der Waals surface area contributed by atoms with Crippen molar-refractivity contribution in [3.05, 3.63) is 60.2 Å². The highest BCUT2D eigenvalue weighted by molar-refractivity contribution is 7.89. The summed E-state index contributed by atoms with van der Waals surface area (Å²) in [4.78, 5) is 0.217. The summed E-state index contributed by atoms with van der Waals surface area (Å²) in [6.07, 6.45) is 1.23. The fraction of sp³-hybridized carbons (Fsp3) is 0.368. The van der Waals surface area contributed by atoms with Crippen LogP contribution in [0.15, 0.2) is 59.5 Å². The Morgan fingerprint density at radius 3 is 2.32 bits per heavy atom. The molecule has 0 aliphatic carbocycles. The maximum absolute atomic E-state index is 12.4.